The Morgan fingerprint density at radius 1 is 0.875 bits per heavy atom. The molecule has 0 bridgehead atoms. The molecule has 59 valence electrons. The topological polar surface area (TPSA) is 0 Å². The molecule has 0 aliphatic heterocycles. The highest BCUT2D eigenvalue weighted by molar-refractivity contribution is 7.80. The zero-order chi connectivity index (χ0) is 2.71. The molecule has 0 saturated carbocycles. The summed E-state index contributed by atoms with van der Waals surface area (Å²) in [5, 5.41) is 0. The van der Waals surface area contributed by atoms with Crippen molar-refractivity contribution in [1.82, 2.24) is 0 Å². The minimum atomic E-state index is 0. The Kier molecular flexibility index (Phi) is 3090. The Bertz CT molecular complexity index is 10.4. The lowest BCUT2D eigenvalue weighted by Crippen LogP contribution is -1.36. The van der Waals surface area contributed by atoms with Crippen LogP contribution < -0.4 is 0 Å². The number of rotatable bonds is 0. The highest BCUT2D eigenvalue weighted by atomic mass is 32.1. The molecule has 0 aliphatic carbocycles. The summed E-state index contributed by atoms with van der Waals surface area (Å²) in [6, 6.07) is 0. The maximum absolute atomic E-state index is 4.39. The summed E-state index contributed by atoms with van der Waals surface area (Å²) in [4.78, 5) is 0. The van der Waals surface area contributed by atoms with Crippen LogP contribution in [0.2, 0.25) is 0 Å². The van der Waals surface area contributed by atoms with Crippen molar-refractivity contribution in [2.75, 3.05) is 5.75 Å². The van der Waals surface area contributed by atoms with Gasteiger partial charge in [-0.05, 0) is 0 Å². The van der Waals surface area contributed by atoms with E-state index in [4.69, 9.17) is 0 Å². The van der Waals surface area contributed by atoms with Crippen LogP contribution in [0.15, 0.2) is 0 Å². The third-order valence-corrected chi connectivity index (χ3v) is 0. The van der Waals surface area contributed by atoms with Gasteiger partial charge < -0.3 is 0 Å². The van der Waals surface area contributed by atoms with Crippen molar-refractivity contribution < 1.29 is 23.5 Å². The second kappa shape index (κ2) is 252. The lowest BCUT2D eigenvalue weighted by Gasteiger charge is -1.45. The first-order valence-electron chi connectivity index (χ1n) is 0.996. The molecule has 0 fully saturated rings. The van der Waals surface area contributed by atoms with E-state index in [1.807, 2.05) is 6.92 Å². The van der Waals surface area contributed by atoms with Crippen LogP contribution >= 0.6 is 12.6 Å². The number of hydrogen-bond donors (Lipinski definition) is 0. The molecule has 0 rings (SSSR count). The third-order valence-electron chi connectivity index (χ3n) is 0. The van der Waals surface area contributed by atoms with E-state index in [-0.39, 0.29) is 23.5 Å². The average molecular weight is 161 g/mol. The fraction of sp³-hybridized carbons (Fsp3) is 1.00. The molecule has 0 aromatic carbocycles. The number of halogens is 5. The molecule has 1 radical (unpaired) electrons. The molecule has 0 aromatic rings. The van der Waals surface area contributed by atoms with Crippen LogP contribution in [0.5, 0.6) is 0 Å². The zero-order valence-corrected chi connectivity index (χ0v) is 4.97. The van der Waals surface area contributed by atoms with Gasteiger partial charge in [-0.1, -0.05) is 19.6 Å². The SMILES string of the molecule is CC[S].F.F.F.F.F. The van der Waals surface area contributed by atoms with Crippen molar-refractivity contribution in [1.29, 1.82) is 0 Å². The van der Waals surface area contributed by atoms with E-state index in [1.165, 1.54) is 0 Å². The molecule has 0 atom stereocenters. The van der Waals surface area contributed by atoms with Crippen LogP contribution in [0, 0.1) is 0 Å². The minimum Gasteiger partial charge on any atom is -0.269 e. The molecule has 0 nitrogen and oxygen atoms in total. The Labute approximate surface area is 49.9 Å². The molecule has 0 spiro atoms. The first kappa shape index (κ1) is 98.0. The lowest BCUT2D eigenvalue weighted by atomic mass is 11.0. The summed E-state index contributed by atoms with van der Waals surface area (Å²) >= 11 is 4.39. The van der Waals surface area contributed by atoms with E-state index < -0.39 is 0 Å². The van der Waals surface area contributed by atoms with E-state index in [0.717, 1.165) is 5.75 Å². The Morgan fingerprint density at radius 3 is 0.875 bits per heavy atom. The highest BCUT2D eigenvalue weighted by Crippen LogP contribution is 1.58. The van der Waals surface area contributed by atoms with Gasteiger partial charge in [-0.25, -0.2) is 0 Å². The maximum atomic E-state index is 4.39. The largest absolute Gasteiger partial charge is 0.269 e. The van der Waals surface area contributed by atoms with Crippen LogP contribution in [0.4, 0.5) is 23.5 Å². The van der Waals surface area contributed by atoms with Crippen LogP contribution in [0.25, 0.3) is 0 Å². The van der Waals surface area contributed by atoms with Gasteiger partial charge in [0.25, 0.3) is 0 Å². The second-order valence-electron chi connectivity index (χ2n) is 0.289. The van der Waals surface area contributed by atoms with Gasteiger partial charge >= 0.3 is 0 Å². The predicted molar refractivity (Wildman–Crippen MR) is 30.6 cm³/mol. The van der Waals surface area contributed by atoms with Crippen molar-refractivity contribution >= 4 is 12.6 Å². The van der Waals surface area contributed by atoms with Gasteiger partial charge in [0, 0.05) is 5.75 Å². The molecular weight excluding hydrogens is 151 g/mol. The van der Waals surface area contributed by atoms with Gasteiger partial charge in [0.1, 0.15) is 0 Å². The summed E-state index contributed by atoms with van der Waals surface area (Å²) in [5.74, 6) is 0.833. The Hall–Kier alpha value is -0.0000000000000000555. The molecule has 0 saturated heterocycles. The summed E-state index contributed by atoms with van der Waals surface area (Å²) < 4.78 is 0. The van der Waals surface area contributed by atoms with Gasteiger partial charge in [-0.3, -0.25) is 23.5 Å². The van der Waals surface area contributed by atoms with Crippen LogP contribution in [0.1, 0.15) is 6.92 Å². The van der Waals surface area contributed by atoms with E-state index in [0.29, 0.717) is 0 Å². The lowest BCUT2D eigenvalue weighted by molar-refractivity contribution is 1.11. The quantitative estimate of drug-likeness (QED) is 0.476. The summed E-state index contributed by atoms with van der Waals surface area (Å²) in [7, 11) is 0. The highest BCUT2D eigenvalue weighted by Gasteiger charge is 1.38. The zero-order valence-electron chi connectivity index (χ0n) is 4.16. The Morgan fingerprint density at radius 2 is 0.875 bits per heavy atom. The molecule has 0 N–H and O–H groups in total. The minimum absolute atomic E-state index is 0. The van der Waals surface area contributed by atoms with Gasteiger partial charge in [0.2, 0.25) is 0 Å². The van der Waals surface area contributed by atoms with Gasteiger partial charge in [-0.15, -0.1) is 0 Å². The molecule has 0 unspecified atom stereocenters. The molecule has 0 aliphatic rings. The predicted octanol–water partition coefficient (Wildman–Crippen LogP) is 1.97. The van der Waals surface area contributed by atoms with Crippen molar-refractivity contribution in [2.24, 2.45) is 0 Å². The molecular formula is C2H10F5S. The summed E-state index contributed by atoms with van der Waals surface area (Å²) in [6.07, 6.45) is 0. The second-order valence-corrected chi connectivity index (χ2v) is 0.866. The van der Waals surface area contributed by atoms with E-state index in [1.54, 1.807) is 0 Å². The fourth-order valence-electron chi connectivity index (χ4n) is 0. The van der Waals surface area contributed by atoms with Gasteiger partial charge in [-0.2, -0.15) is 0 Å². The van der Waals surface area contributed by atoms with Crippen molar-refractivity contribution in [3.05, 3.63) is 0 Å². The van der Waals surface area contributed by atoms with Gasteiger partial charge in [0.05, 0.1) is 0 Å². The Balaban J connectivity index is -0.00000000200. The van der Waals surface area contributed by atoms with E-state index in [2.05, 4.69) is 12.6 Å². The average Bonchev–Trinajstić information content (AvgIpc) is 0.918. The normalized spacial score (nSPS) is 2.25. The smallest absolute Gasteiger partial charge is 0.000844 e. The molecule has 6 heteroatoms. The van der Waals surface area contributed by atoms with E-state index in [9.17, 15) is 0 Å². The van der Waals surface area contributed by atoms with Crippen molar-refractivity contribution in [3.63, 3.8) is 0 Å². The maximum Gasteiger partial charge on any atom is 0.000844 e. The van der Waals surface area contributed by atoms with Crippen LogP contribution in [-0.4, -0.2) is 5.75 Å². The molecule has 0 amide bonds. The molecule has 8 heavy (non-hydrogen) atoms. The first-order valence-corrected chi connectivity index (χ1v) is 1.57. The van der Waals surface area contributed by atoms with Crippen molar-refractivity contribution in [3.8, 4) is 0 Å². The summed E-state index contributed by atoms with van der Waals surface area (Å²) in [6.45, 7) is 1.94. The number of hydrogen-bond acceptors (Lipinski definition) is 0. The fourth-order valence-corrected chi connectivity index (χ4v) is 0. The van der Waals surface area contributed by atoms with Crippen LogP contribution in [0.3, 0.4) is 0 Å². The summed E-state index contributed by atoms with van der Waals surface area (Å²) in [5.41, 5.74) is 0. The van der Waals surface area contributed by atoms with Gasteiger partial charge in [0.15, 0.2) is 0 Å². The third kappa shape index (κ3) is 48700000000000003748228099636985856. The standard InChI is InChI=1S/C2H5S.5FH/c1-2-3;;;;;/h2H2,1H3;5*1H. The monoisotopic (exact) mass is 161 g/mol. The molecule has 0 aromatic heterocycles. The van der Waals surface area contributed by atoms with Crippen molar-refractivity contribution in [2.45, 2.75) is 6.92 Å². The first-order chi connectivity index (χ1) is 1.41. The van der Waals surface area contributed by atoms with Crippen LogP contribution in [-0.2, 0) is 0 Å². The molecule has 0 heterocycles. The van der Waals surface area contributed by atoms with E-state index >= 15 is 0 Å².